The van der Waals surface area contributed by atoms with Gasteiger partial charge in [0, 0.05) is 30.8 Å². The summed E-state index contributed by atoms with van der Waals surface area (Å²) in [7, 11) is 0. The molecule has 0 aliphatic heterocycles. The monoisotopic (exact) mass is 210 g/mol. The Hall–Kier alpha value is -1.62. The van der Waals surface area contributed by atoms with Gasteiger partial charge in [0.15, 0.2) is 0 Å². The van der Waals surface area contributed by atoms with Gasteiger partial charge in [0.25, 0.3) is 0 Å². The number of carbonyl (C=O) groups excluding carboxylic acids is 1. The molecule has 1 aromatic heterocycles. The molecule has 1 heterocycles. The third-order valence-corrected chi connectivity index (χ3v) is 2.11. The van der Waals surface area contributed by atoms with Gasteiger partial charge in [-0.1, -0.05) is 0 Å². The van der Waals surface area contributed by atoms with Crippen molar-refractivity contribution >= 4 is 5.91 Å². The fraction of sp³-hybridized carbons (Fsp3) is 0.400. The number of aromatic hydroxyl groups is 1. The van der Waals surface area contributed by atoms with Gasteiger partial charge >= 0.3 is 0 Å². The molecule has 0 aliphatic rings. The molecule has 1 rings (SSSR count). The van der Waals surface area contributed by atoms with Gasteiger partial charge in [-0.25, -0.2) is 0 Å². The van der Waals surface area contributed by atoms with Crippen LogP contribution >= 0.6 is 0 Å². The molecule has 0 bridgehead atoms. The van der Waals surface area contributed by atoms with Crippen LogP contribution in [0.2, 0.25) is 0 Å². The van der Waals surface area contributed by atoms with Crippen molar-refractivity contribution in [2.45, 2.75) is 27.0 Å². The van der Waals surface area contributed by atoms with E-state index in [0.29, 0.717) is 16.8 Å². The highest BCUT2D eigenvalue weighted by Gasteiger charge is 2.11. The average Bonchev–Trinajstić information content (AvgIpc) is 2.20. The largest absolute Gasteiger partial charge is 0.506 e. The summed E-state index contributed by atoms with van der Waals surface area (Å²) < 4.78 is 0. The van der Waals surface area contributed by atoms with Crippen LogP contribution in [0.15, 0.2) is 6.20 Å². The number of aliphatic hydroxyl groups excluding tert-OH is 1. The first-order valence-electron chi connectivity index (χ1n) is 4.58. The second-order valence-corrected chi connectivity index (χ2v) is 3.26. The number of hydrogen-bond donors (Lipinski definition) is 3. The zero-order chi connectivity index (χ0) is 11.4. The van der Waals surface area contributed by atoms with Crippen LogP contribution in [0, 0.1) is 6.92 Å². The molecular weight excluding hydrogens is 196 g/mol. The van der Waals surface area contributed by atoms with E-state index in [1.165, 1.54) is 13.1 Å². The van der Waals surface area contributed by atoms with Crippen molar-refractivity contribution in [1.82, 2.24) is 10.3 Å². The van der Waals surface area contributed by atoms with Crippen LogP contribution in [0.4, 0.5) is 0 Å². The fourth-order valence-electron chi connectivity index (χ4n) is 1.23. The first-order valence-corrected chi connectivity index (χ1v) is 4.58. The number of hydrogen-bond acceptors (Lipinski definition) is 4. The minimum absolute atomic E-state index is 0.0234. The maximum absolute atomic E-state index is 10.7. The normalized spacial score (nSPS) is 10.1. The van der Waals surface area contributed by atoms with Gasteiger partial charge in [0.05, 0.1) is 12.3 Å². The molecule has 0 saturated heterocycles. The highest BCUT2D eigenvalue weighted by molar-refractivity contribution is 5.73. The van der Waals surface area contributed by atoms with Gasteiger partial charge in [0.1, 0.15) is 5.75 Å². The second kappa shape index (κ2) is 4.75. The van der Waals surface area contributed by atoms with E-state index in [0.717, 1.165) is 0 Å². The highest BCUT2D eigenvalue weighted by atomic mass is 16.3. The Morgan fingerprint density at radius 2 is 2.27 bits per heavy atom. The lowest BCUT2D eigenvalue weighted by Gasteiger charge is -2.11. The summed E-state index contributed by atoms with van der Waals surface area (Å²) in [6.45, 7) is 3.04. The number of nitrogens with zero attached hydrogens (tertiary/aromatic N) is 1. The van der Waals surface area contributed by atoms with Crippen LogP contribution in [0.1, 0.15) is 23.7 Å². The predicted octanol–water partition coefficient (Wildman–Crippen LogP) is 0.224. The Labute approximate surface area is 87.8 Å². The zero-order valence-corrected chi connectivity index (χ0v) is 8.74. The van der Waals surface area contributed by atoms with E-state index in [1.807, 2.05) is 0 Å². The van der Waals surface area contributed by atoms with Crippen molar-refractivity contribution in [3.8, 4) is 5.75 Å². The van der Waals surface area contributed by atoms with E-state index in [9.17, 15) is 9.90 Å². The number of pyridine rings is 1. The third kappa shape index (κ3) is 2.66. The first-order chi connectivity index (χ1) is 7.06. The van der Waals surface area contributed by atoms with Crippen molar-refractivity contribution in [3.05, 3.63) is 23.0 Å². The van der Waals surface area contributed by atoms with E-state index < -0.39 is 0 Å². The van der Waals surface area contributed by atoms with Crippen LogP contribution in [-0.2, 0) is 17.9 Å². The van der Waals surface area contributed by atoms with Gasteiger partial charge in [-0.3, -0.25) is 9.78 Å². The molecule has 3 N–H and O–H groups in total. The minimum Gasteiger partial charge on any atom is -0.506 e. The average molecular weight is 210 g/mol. The van der Waals surface area contributed by atoms with Gasteiger partial charge in [-0.2, -0.15) is 0 Å². The van der Waals surface area contributed by atoms with Crippen LogP contribution in [0.25, 0.3) is 0 Å². The minimum atomic E-state index is -0.213. The quantitative estimate of drug-likeness (QED) is 0.666. The SMILES string of the molecule is CC(=O)NCc1c(CO)cnc(C)c1O. The molecule has 0 aromatic carbocycles. The molecule has 0 saturated carbocycles. The van der Waals surface area contributed by atoms with Crippen LogP contribution in [-0.4, -0.2) is 21.1 Å². The van der Waals surface area contributed by atoms with E-state index in [1.54, 1.807) is 6.92 Å². The Kier molecular flexibility index (Phi) is 3.62. The molecule has 0 fully saturated rings. The van der Waals surface area contributed by atoms with E-state index in [4.69, 9.17) is 5.11 Å². The summed E-state index contributed by atoms with van der Waals surface area (Å²) >= 11 is 0. The number of aryl methyl sites for hydroxylation is 1. The topological polar surface area (TPSA) is 82.5 Å². The Morgan fingerprint density at radius 3 is 2.80 bits per heavy atom. The molecule has 1 aromatic rings. The third-order valence-electron chi connectivity index (χ3n) is 2.11. The number of rotatable bonds is 3. The lowest BCUT2D eigenvalue weighted by atomic mass is 10.1. The number of aromatic nitrogens is 1. The van der Waals surface area contributed by atoms with Crippen molar-refractivity contribution in [1.29, 1.82) is 0 Å². The Morgan fingerprint density at radius 1 is 1.60 bits per heavy atom. The number of amides is 1. The summed E-state index contributed by atoms with van der Waals surface area (Å²) in [6, 6.07) is 0. The summed E-state index contributed by atoms with van der Waals surface area (Å²) in [5.41, 5.74) is 1.51. The van der Waals surface area contributed by atoms with Gasteiger partial charge in [0.2, 0.25) is 5.91 Å². The summed E-state index contributed by atoms with van der Waals surface area (Å²) in [5.74, 6) is -0.164. The lowest BCUT2D eigenvalue weighted by molar-refractivity contribution is -0.119. The Balaban J connectivity index is 3.01. The van der Waals surface area contributed by atoms with Crippen molar-refractivity contribution in [2.75, 3.05) is 0 Å². The number of carbonyl (C=O) groups is 1. The molecule has 5 nitrogen and oxygen atoms in total. The van der Waals surface area contributed by atoms with E-state index in [2.05, 4.69) is 10.3 Å². The highest BCUT2D eigenvalue weighted by Crippen LogP contribution is 2.23. The smallest absolute Gasteiger partial charge is 0.217 e. The van der Waals surface area contributed by atoms with Crippen molar-refractivity contribution in [3.63, 3.8) is 0 Å². The summed E-state index contributed by atoms with van der Waals surface area (Å²) in [6.07, 6.45) is 1.49. The van der Waals surface area contributed by atoms with Crippen molar-refractivity contribution in [2.24, 2.45) is 0 Å². The predicted molar refractivity (Wildman–Crippen MR) is 54.1 cm³/mol. The summed E-state index contributed by atoms with van der Waals surface area (Å²) in [5, 5.41) is 21.3. The van der Waals surface area contributed by atoms with Gasteiger partial charge in [-0.05, 0) is 6.92 Å². The molecule has 82 valence electrons. The summed E-state index contributed by atoms with van der Waals surface area (Å²) in [4.78, 5) is 14.7. The molecule has 15 heavy (non-hydrogen) atoms. The fourth-order valence-corrected chi connectivity index (χ4v) is 1.23. The van der Waals surface area contributed by atoms with Crippen LogP contribution < -0.4 is 5.32 Å². The van der Waals surface area contributed by atoms with Gasteiger partial charge in [-0.15, -0.1) is 0 Å². The Bertz CT molecular complexity index is 377. The number of nitrogens with one attached hydrogen (secondary N) is 1. The lowest BCUT2D eigenvalue weighted by Crippen LogP contribution is -2.20. The molecule has 5 heteroatoms. The maximum Gasteiger partial charge on any atom is 0.217 e. The zero-order valence-electron chi connectivity index (χ0n) is 8.74. The standard InChI is InChI=1S/C10H14N2O3/c1-6-10(15)9(4-12-7(2)14)8(5-13)3-11-6/h3,13,15H,4-5H2,1-2H3,(H,12,14). The number of aliphatic hydroxyl groups is 1. The van der Waals surface area contributed by atoms with Crippen LogP contribution in [0.5, 0.6) is 5.75 Å². The van der Waals surface area contributed by atoms with Gasteiger partial charge < -0.3 is 15.5 Å². The van der Waals surface area contributed by atoms with E-state index >= 15 is 0 Å². The molecule has 0 radical (unpaired) electrons. The molecule has 1 amide bonds. The van der Waals surface area contributed by atoms with E-state index in [-0.39, 0.29) is 24.8 Å². The molecule has 0 aliphatic carbocycles. The molecule has 0 atom stereocenters. The first kappa shape index (κ1) is 11.5. The second-order valence-electron chi connectivity index (χ2n) is 3.26. The molecule has 0 spiro atoms. The van der Waals surface area contributed by atoms with Crippen LogP contribution in [0.3, 0.4) is 0 Å². The maximum atomic E-state index is 10.7. The van der Waals surface area contributed by atoms with Crippen molar-refractivity contribution < 1.29 is 15.0 Å². The molecular formula is C10H14N2O3. The molecule has 0 unspecified atom stereocenters.